The van der Waals surface area contributed by atoms with Crippen molar-refractivity contribution in [2.75, 3.05) is 11.4 Å². The number of carbonyl (C=O) groups excluding carboxylic acids is 1. The number of sulfone groups is 1. The zero-order chi connectivity index (χ0) is 32.7. The first kappa shape index (κ1) is 34.7. The van der Waals surface area contributed by atoms with Gasteiger partial charge in [0.25, 0.3) is 0 Å². The van der Waals surface area contributed by atoms with E-state index >= 15 is 0 Å². The molecule has 238 valence electrons. The molecule has 2 N–H and O–H groups in total. The van der Waals surface area contributed by atoms with Gasteiger partial charge in [-0.1, -0.05) is 63.9 Å². The van der Waals surface area contributed by atoms with Crippen molar-refractivity contribution in [1.82, 2.24) is 10.3 Å². The number of carbonyl (C=O) groups is 2. The van der Waals surface area contributed by atoms with E-state index in [1.165, 1.54) is 35.9 Å². The van der Waals surface area contributed by atoms with Crippen molar-refractivity contribution in [2.24, 2.45) is 0 Å². The minimum atomic E-state index is -4.19. The second kappa shape index (κ2) is 14.3. The van der Waals surface area contributed by atoms with Gasteiger partial charge in [0, 0.05) is 6.54 Å². The zero-order valence-corrected chi connectivity index (χ0v) is 26.9. The summed E-state index contributed by atoms with van der Waals surface area (Å²) in [6, 6.07) is 16.8. The van der Waals surface area contributed by atoms with E-state index in [4.69, 9.17) is 4.74 Å². The van der Waals surface area contributed by atoms with Crippen LogP contribution in [0.15, 0.2) is 71.6 Å². The quantitative estimate of drug-likeness (QED) is 0.199. The highest BCUT2D eigenvalue weighted by Gasteiger charge is 2.32. The molecular formula is C33H42FN3O6S. The lowest BCUT2D eigenvalue weighted by atomic mass is 9.80. The smallest absolute Gasteiger partial charge is 0.416 e. The fourth-order valence-corrected chi connectivity index (χ4v) is 6.15. The number of anilines is 1. The molecule has 11 heteroatoms. The molecule has 3 rings (SSSR count). The molecule has 0 radical (unpaired) electrons. The molecule has 0 aliphatic rings. The predicted octanol–water partition coefficient (Wildman–Crippen LogP) is 6.78. The van der Waals surface area contributed by atoms with Crippen LogP contribution >= 0.6 is 0 Å². The summed E-state index contributed by atoms with van der Waals surface area (Å²) < 4.78 is 46.9. The largest absolute Gasteiger partial charge is 0.480 e. The van der Waals surface area contributed by atoms with E-state index in [9.17, 15) is 27.5 Å². The molecule has 0 spiro atoms. The lowest BCUT2D eigenvalue weighted by Gasteiger charge is -2.27. The fraction of sp³-hybridized carbons (Fsp3) is 0.424. The van der Waals surface area contributed by atoms with Gasteiger partial charge >= 0.3 is 12.1 Å². The van der Waals surface area contributed by atoms with E-state index in [1.54, 1.807) is 20.8 Å². The van der Waals surface area contributed by atoms with E-state index in [0.29, 0.717) is 0 Å². The molecule has 1 heterocycles. The van der Waals surface area contributed by atoms with E-state index in [2.05, 4.69) is 31.1 Å². The molecule has 9 nitrogen and oxygen atoms in total. The zero-order valence-electron chi connectivity index (χ0n) is 26.1. The fourth-order valence-electron chi connectivity index (χ4n) is 4.61. The molecule has 2 aromatic carbocycles. The molecule has 44 heavy (non-hydrogen) atoms. The highest BCUT2D eigenvalue weighted by molar-refractivity contribution is 7.91. The van der Waals surface area contributed by atoms with E-state index < -0.39 is 45.2 Å². The number of rotatable bonds is 13. The summed E-state index contributed by atoms with van der Waals surface area (Å²) in [5.41, 5.74) is 1.11. The van der Waals surface area contributed by atoms with Gasteiger partial charge < -0.3 is 9.84 Å². The van der Waals surface area contributed by atoms with Gasteiger partial charge in [0.2, 0.25) is 0 Å². The predicted molar refractivity (Wildman–Crippen MR) is 168 cm³/mol. The van der Waals surface area contributed by atoms with Crippen molar-refractivity contribution in [3.8, 4) is 0 Å². The number of aromatic nitrogens is 1. The van der Waals surface area contributed by atoms with Crippen LogP contribution in [0.1, 0.15) is 83.0 Å². The first-order valence-corrected chi connectivity index (χ1v) is 16.1. The van der Waals surface area contributed by atoms with Crippen molar-refractivity contribution < 1.29 is 32.2 Å². The van der Waals surface area contributed by atoms with Crippen LogP contribution in [0.5, 0.6) is 0 Å². The number of benzene rings is 2. The maximum Gasteiger partial charge on any atom is 0.416 e. The summed E-state index contributed by atoms with van der Waals surface area (Å²) in [5.74, 6) is -1.99. The minimum Gasteiger partial charge on any atom is -0.480 e. The first-order chi connectivity index (χ1) is 20.5. The Kier molecular flexibility index (Phi) is 11.3. The first-order valence-electron chi connectivity index (χ1n) is 14.5. The lowest BCUT2D eigenvalue weighted by molar-refractivity contribution is -0.135. The number of carboxylic acid groups (broad SMARTS) is 1. The number of ether oxygens (including phenoxy) is 1. The van der Waals surface area contributed by atoms with Gasteiger partial charge in [0.15, 0.2) is 15.2 Å². The Bertz CT molecular complexity index is 1530. The molecule has 0 fully saturated rings. The van der Waals surface area contributed by atoms with Gasteiger partial charge in [0.1, 0.15) is 23.8 Å². The molecule has 1 amide bonds. The molecule has 1 atom stereocenters. The molecule has 0 saturated heterocycles. The Morgan fingerprint density at radius 2 is 1.64 bits per heavy atom. The highest BCUT2D eigenvalue weighted by Crippen LogP contribution is 2.31. The van der Waals surface area contributed by atoms with Gasteiger partial charge in [-0.15, -0.1) is 0 Å². The summed E-state index contributed by atoms with van der Waals surface area (Å²) in [4.78, 5) is 29.7. The third kappa shape index (κ3) is 9.33. The molecule has 1 unspecified atom stereocenters. The van der Waals surface area contributed by atoms with E-state index in [1.807, 2.05) is 24.3 Å². The number of halogens is 1. The summed E-state index contributed by atoms with van der Waals surface area (Å²) >= 11 is 0. The van der Waals surface area contributed by atoms with Crippen LogP contribution in [-0.4, -0.2) is 42.7 Å². The number of pyridine rings is 1. The maximum absolute atomic E-state index is 13.9. The van der Waals surface area contributed by atoms with Gasteiger partial charge in [-0.3, -0.25) is 15.0 Å². The van der Waals surface area contributed by atoms with Gasteiger partial charge in [-0.2, -0.15) is 0 Å². The van der Waals surface area contributed by atoms with Gasteiger partial charge in [-0.25, -0.2) is 22.6 Å². The number of nitrogens with one attached hydrogen (secondary N) is 1. The second-order valence-electron chi connectivity index (χ2n) is 12.3. The van der Waals surface area contributed by atoms with Crippen LogP contribution in [0, 0.1) is 5.82 Å². The third-order valence-electron chi connectivity index (χ3n) is 7.04. The van der Waals surface area contributed by atoms with Gasteiger partial charge in [-0.05, 0) is 80.1 Å². The van der Waals surface area contributed by atoms with Crippen LogP contribution in [0.25, 0.3) is 0 Å². The third-order valence-corrected chi connectivity index (χ3v) is 9.00. The Balaban J connectivity index is 2.00. The van der Waals surface area contributed by atoms with E-state index in [0.717, 1.165) is 41.9 Å². The average Bonchev–Trinajstić information content (AvgIpc) is 2.94. The minimum absolute atomic E-state index is 0.00322. The Morgan fingerprint density at radius 1 is 1.00 bits per heavy atom. The summed E-state index contributed by atoms with van der Waals surface area (Å²) in [7, 11) is -4.19. The summed E-state index contributed by atoms with van der Waals surface area (Å²) in [6.07, 6.45) is 2.32. The van der Waals surface area contributed by atoms with Crippen molar-refractivity contribution in [3.05, 3.63) is 89.4 Å². The van der Waals surface area contributed by atoms with Gasteiger partial charge in [0.05, 0.1) is 10.6 Å². The Hall–Kier alpha value is -3.83. The normalized spacial score (nSPS) is 12.9. The number of hydrogen-bond acceptors (Lipinski definition) is 7. The van der Waals surface area contributed by atoms with Crippen molar-refractivity contribution in [2.45, 2.75) is 88.6 Å². The molecule has 0 aliphatic carbocycles. The molecule has 1 aromatic heterocycles. The molecule has 0 bridgehead atoms. The topological polar surface area (TPSA) is 126 Å². The highest BCUT2D eigenvalue weighted by atomic mass is 32.2. The van der Waals surface area contributed by atoms with Crippen LogP contribution in [0.3, 0.4) is 0 Å². The van der Waals surface area contributed by atoms with Crippen LogP contribution in [0.4, 0.5) is 15.0 Å². The number of unbranched alkanes of at least 4 members (excludes halogenated alkanes) is 1. The summed E-state index contributed by atoms with van der Waals surface area (Å²) in [5, 5.41) is 11.1. The number of nitrogens with zero attached hydrogens (tertiary/aromatic N) is 2. The number of carboxylic acids is 1. The van der Waals surface area contributed by atoms with Crippen LogP contribution in [-0.2, 0) is 31.3 Å². The molecule has 3 aromatic rings. The van der Waals surface area contributed by atoms with Crippen LogP contribution < -0.4 is 10.2 Å². The maximum atomic E-state index is 13.9. The van der Waals surface area contributed by atoms with Crippen molar-refractivity contribution >= 4 is 27.7 Å². The second-order valence-corrected chi connectivity index (χ2v) is 14.4. The molecular weight excluding hydrogens is 585 g/mol. The monoisotopic (exact) mass is 627 g/mol. The number of aliphatic carboxylic acids is 1. The molecule has 0 aliphatic heterocycles. The van der Waals surface area contributed by atoms with Crippen molar-refractivity contribution in [1.29, 1.82) is 0 Å². The Morgan fingerprint density at radius 3 is 2.20 bits per heavy atom. The van der Waals surface area contributed by atoms with Crippen LogP contribution in [0.2, 0.25) is 0 Å². The van der Waals surface area contributed by atoms with Crippen molar-refractivity contribution in [3.63, 3.8) is 0 Å². The lowest BCUT2D eigenvalue weighted by Crippen LogP contribution is -2.40. The number of hydrogen-bond donors (Lipinski definition) is 2. The average molecular weight is 628 g/mol. The standard InChI is InChI=1S/C33H42FN3O6S/c1-7-8-20-33(5,6)24-14-12-23(13-15-24)21-35-30(44(41,42)26-18-16-25(34)17-19-26)27-10-9-11-28(36-27)37(22-29(38)39)31(40)43-32(2,3)4/h9-19,30,35H,7-8,20-22H2,1-6H3,(H,38,39). The summed E-state index contributed by atoms with van der Waals surface area (Å²) in [6.45, 7) is 10.9. The van der Waals surface area contributed by atoms with E-state index in [-0.39, 0.29) is 28.4 Å². The SMILES string of the molecule is CCCCC(C)(C)c1ccc(CNC(c2cccc(N(CC(=O)O)C(=O)OC(C)(C)C)n2)S(=O)(=O)c2ccc(F)cc2)cc1. The Labute approximate surface area is 259 Å². The molecule has 0 saturated carbocycles. The number of amides is 1.